The maximum Gasteiger partial charge on any atom is 0.573 e. The number of aromatic carboxylic acids is 1. The van der Waals surface area contributed by atoms with Crippen molar-refractivity contribution in [1.82, 2.24) is 10.1 Å². The summed E-state index contributed by atoms with van der Waals surface area (Å²) < 4.78 is 49.4. The number of halogens is 3. The number of thiazole rings is 1. The quantitative estimate of drug-likeness (QED) is 0.159. The van der Waals surface area contributed by atoms with Crippen molar-refractivity contribution in [2.75, 3.05) is 0 Å². The van der Waals surface area contributed by atoms with Crippen LogP contribution in [0.5, 0.6) is 5.75 Å². The fourth-order valence-electron chi connectivity index (χ4n) is 4.09. The highest BCUT2D eigenvalue weighted by Crippen LogP contribution is 2.45. The lowest BCUT2D eigenvalue weighted by molar-refractivity contribution is -0.274. The number of hydrogen-bond acceptors (Lipinski definition) is 6. The molecule has 0 atom stereocenters. The molecule has 4 aromatic rings. The van der Waals surface area contributed by atoms with Crippen LogP contribution in [0.2, 0.25) is 0 Å². The molecule has 6 nitrogen and oxygen atoms in total. The molecule has 41 heavy (non-hydrogen) atoms. The molecule has 0 saturated heterocycles. The van der Waals surface area contributed by atoms with Crippen molar-refractivity contribution in [3.63, 3.8) is 0 Å². The molecule has 1 fully saturated rings. The van der Waals surface area contributed by atoms with Crippen molar-refractivity contribution >= 4 is 33.1 Å². The van der Waals surface area contributed by atoms with Crippen molar-refractivity contribution in [3.05, 3.63) is 95.2 Å². The molecule has 1 saturated carbocycles. The molecule has 208 valence electrons. The van der Waals surface area contributed by atoms with Gasteiger partial charge in [-0.3, -0.25) is 0 Å². The summed E-state index contributed by atoms with van der Waals surface area (Å²) in [5.41, 5.74) is 3.32. The maximum atomic E-state index is 13.0. The topological polar surface area (TPSA) is 85.5 Å². The lowest BCUT2D eigenvalue weighted by Gasteiger charge is -2.11. The standard InChI is InChI=1S/C31H23F3N2O4S/c1-18(11-12-19(2)29-35-24-16-15-21(30(37)38)17-26(24)41-29)7-3-4-9-23-27(36-40-28(23)20-13-14-20)22-8-5-6-10-25(22)39-31(32,33)34/h3,5-8,10,15-17,20H,1-2,11-14H2,(H,37,38)/b7-3+. The molecule has 2 aromatic carbocycles. The Kier molecular flexibility index (Phi) is 7.81. The molecule has 2 heterocycles. The van der Waals surface area contributed by atoms with Crippen LogP contribution in [-0.2, 0) is 0 Å². The molecule has 0 aliphatic heterocycles. The Morgan fingerprint density at radius 1 is 1.20 bits per heavy atom. The molecule has 0 bridgehead atoms. The number of aromatic nitrogens is 2. The summed E-state index contributed by atoms with van der Waals surface area (Å²) in [6.45, 7) is 8.18. The number of rotatable bonds is 9. The molecule has 5 rings (SSSR count). The second-order valence-corrected chi connectivity index (χ2v) is 10.5. The maximum absolute atomic E-state index is 13.0. The first kappa shape index (κ1) is 27.9. The Morgan fingerprint density at radius 3 is 2.71 bits per heavy atom. The number of carbonyl (C=O) groups is 1. The van der Waals surface area contributed by atoms with Gasteiger partial charge >= 0.3 is 12.3 Å². The van der Waals surface area contributed by atoms with Gasteiger partial charge < -0.3 is 14.4 Å². The van der Waals surface area contributed by atoms with Gasteiger partial charge in [-0.15, -0.1) is 24.5 Å². The van der Waals surface area contributed by atoms with E-state index in [1.54, 1.807) is 30.4 Å². The van der Waals surface area contributed by atoms with Crippen LogP contribution in [0.15, 0.2) is 77.9 Å². The molecule has 10 heteroatoms. The summed E-state index contributed by atoms with van der Waals surface area (Å²) in [6, 6.07) is 10.6. The van der Waals surface area contributed by atoms with Crippen LogP contribution in [0.1, 0.15) is 58.3 Å². The van der Waals surface area contributed by atoms with Crippen LogP contribution in [0, 0.1) is 11.8 Å². The monoisotopic (exact) mass is 576 g/mol. The third kappa shape index (κ3) is 6.76. The summed E-state index contributed by atoms with van der Waals surface area (Å²) in [5.74, 6) is 5.27. The molecule has 0 unspecified atom stereocenters. The van der Waals surface area contributed by atoms with Gasteiger partial charge in [0.05, 0.1) is 21.3 Å². The second-order valence-electron chi connectivity index (χ2n) is 9.46. The average Bonchev–Trinajstić information content (AvgIpc) is 3.54. The number of alkyl halides is 3. The van der Waals surface area contributed by atoms with Crippen molar-refractivity contribution in [2.24, 2.45) is 0 Å². The van der Waals surface area contributed by atoms with E-state index < -0.39 is 12.3 Å². The Morgan fingerprint density at radius 2 is 1.98 bits per heavy atom. The Hall–Kier alpha value is -4.62. The molecule has 0 radical (unpaired) electrons. The van der Waals surface area contributed by atoms with Crippen LogP contribution in [-0.4, -0.2) is 27.6 Å². The number of para-hydroxylation sites is 1. The van der Waals surface area contributed by atoms with Gasteiger partial charge in [-0.2, -0.15) is 0 Å². The van der Waals surface area contributed by atoms with Gasteiger partial charge in [0.15, 0.2) is 5.76 Å². The number of benzene rings is 2. The largest absolute Gasteiger partial charge is 0.573 e. The third-order valence-electron chi connectivity index (χ3n) is 6.32. The minimum Gasteiger partial charge on any atom is -0.478 e. The predicted octanol–water partition coefficient (Wildman–Crippen LogP) is 8.38. The first-order chi connectivity index (χ1) is 19.6. The average molecular weight is 577 g/mol. The van der Waals surface area contributed by atoms with Crippen molar-refractivity contribution in [2.45, 2.75) is 38.0 Å². The molecule has 1 N–H and O–H groups in total. The number of carboxylic acids is 1. The van der Waals surface area contributed by atoms with E-state index in [2.05, 4.69) is 39.9 Å². The first-order valence-electron chi connectivity index (χ1n) is 12.6. The number of hydrogen-bond donors (Lipinski definition) is 1. The van der Waals surface area contributed by atoms with Gasteiger partial charge in [-0.05, 0) is 67.7 Å². The molecule has 0 spiro atoms. The Balaban J connectivity index is 1.27. The van der Waals surface area contributed by atoms with E-state index in [4.69, 9.17) is 4.52 Å². The van der Waals surface area contributed by atoms with Crippen LogP contribution >= 0.6 is 11.3 Å². The van der Waals surface area contributed by atoms with Gasteiger partial charge in [0.2, 0.25) is 0 Å². The lowest BCUT2D eigenvalue weighted by atomic mass is 10.0. The number of ether oxygens (including phenoxy) is 1. The van der Waals surface area contributed by atoms with E-state index in [9.17, 15) is 23.1 Å². The summed E-state index contributed by atoms with van der Waals surface area (Å²) >= 11 is 1.39. The van der Waals surface area contributed by atoms with Crippen LogP contribution in [0.3, 0.4) is 0 Å². The van der Waals surface area contributed by atoms with E-state index in [0.29, 0.717) is 24.2 Å². The SMILES string of the molecule is C=C(/C=C/C#Cc1c(-c2ccccc2OC(F)(F)F)noc1C1CC1)CCC(=C)c1nc2ccc(C(=O)O)cc2s1. The van der Waals surface area contributed by atoms with E-state index in [1.165, 1.54) is 35.6 Å². The number of fused-ring (bicyclic) bond motifs is 1. The zero-order valence-corrected chi connectivity index (χ0v) is 22.4. The van der Waals surface area contributed by atoms with Crippen molar-refractivity contribution < 1.29 is 32.3 Å². The number of allylic oxidation sites excluding steroid dienone is 4. The van der Waals surface area contributed by atoms with Gasteiger partial charge in [-0.1, -0.05) is 53.9 Å². The first-order valence-corrected chi connectivity index (χ1v) is 13.4. The van der Waals surface area contributed by atoms with E-state index in [-0.39, 0.29) is 28.5 Å². The summed E-state index contributed by atoms with van der Waals surface area (Å²) in [6.07, 6.45) is 1.54. The molecule has 0 amide bonds. The predicted molar refractivity (Wildman–Crippen MR) is 151 cm³/mol. The molecular formula is C31H23F3N2O4S. The molecular weight excluding hydrogens is 553 g/mol. The van der Waals surface area contributed by atoms with E-state index in [1.807, 2.05) is 0 Å². The second kappa shape index (κ2) is 11.5. The number of nitrogens with zero attached hydrogens (tertiary/aromatic N) is 2. The van der Waals surface area contributed by atoms with E-state index in [0.717, 1.165) is 39.2 Å². The lowest BCUT2D eigenvalue weighted by Crippen LogP contribution is -2.17. The summed E-state index contributed by atoms with van der Waals surface area (Å²) in [7, 11) is 0. The van der Waals surface area contributed by atoms with Gasteiger partial charge in [-0.25, -0.2) is 9.78 Å². The summed E-state index contributed by atoms with van der Waals surface area (Å²) in [4.78, 5) is 15.8. The van der Waals surface area contributed by atoms with Crippen molar-refractivity contribution in [3.8, 4) is 28.8 Å². The van der Waals surface area contributed by atoms with E-state index >= 15 is 0 Å². The van der Waals surface area contributed by atoms with Gasteiger partial charge in [0.25, 0.3) is 0 Å². The molecule has 1 aliphatic carbocycles. The minimum absolute atomic E-state index is 0.138. The van der Waals surface area contributed by atoms with Gasteiger partial charge in [0.1, 0.15) is 16.5 Å². The Labute approximate surface area is 237 Å². The Bertz CT molecular complexity index is 1750. The zero-order valence-electron chi connectivity index (χ0n) is 21.6. The fraction of sp³-hybridized carbons (Fsp3) is 0.194. The zero-order chi connectivity index (χ0) is 29.1. The fourth-order valence-corrected chi connectivity index (χ4v) is 5.09. The summed E-state index contributed by atoms with van der Waals surface area (Å²) in [5, 5.41) is 14.0. The van der Waals surface area contributed by atoms with Crippen LogP contribution in [0.25, 0.3) is 27.0 Å². The highest BCUT2D eigenvalue weighted by Gasteiger charge is 2.35. The van der Waals surface area contributed by atoms with Crippen LogP contribution < -0.4 is 4.74 Å². The normalized spacial score (nSPS) is 13.2. The van der Waals surface area contributed by atoms with Crippen molar-refractivity contribution in [1.29, 1.82) is 0 Å². The third-order valence-corrected chi connectivity index (χ3v) is 7.44. The van der Waals surface area contributed by atoms with Crippen LogP contribution in [0.4, 0.5) is 13.2 Å². The van der Waals surface area contributed by atoms with Gasteiger partial charge in [0, 0.05) is 11.5 Å². The molecule has 2 aromatic heterocycles. The minimum atomic E-state index is -4.85. The number of carboxylic acid groups (broad SMARTS) is 1. The highest BCUT2D eigenvalue weighted by atomic mass is 32.1. The molecule has 1 aliphatic rings. The smallest absolute Gasteiger partial charge is 0.478 e. The highest BCUT2D eigenvalue weighted by molar-refractivity contribution is 7.19.